The quantitative estimate of drug-likeness (QED) is 0.106. The third-order valence-electron chi connectivity index (χ3n) is 8.78. The lowest BCUT2D eigenvalue weighted by Gasteiger charge is -2.17. The van der Waals surface area contributed by atoms with E-state index in [1.54, 1.807) is 6.08 Å². The summed E-state index contributed by atoms with van der Waals surface area (Å²) in [5.74, 6) is -3.32. The Hall–Kier alpha value is -4.45. The van der Waals surface area contributed by atoms with Crippen molar-refractivity contribution in [3.05, 3.63) is 74.5 Å². The number of hydrogen-bond donors (Lipinski definition) is 8. The van der Waals surface area contributed by atoms with Gasteiger partial charge in [-0.05, 0) is 67.2 Å². The Morgan fingerprint density at radius 1 is 0.956 bits per heavy atom. The first-order valence-corrected chi connectivity index (χ1v) is 15.3. The minimum atomic E-state index is -0.956. The van der Waals surface area contributed by atoms with Crippen LogP contribution in [0.3, 0.4) is 0 Å². The van der Waals surface area contributed by atoms with Gasteiger partial charge in [-0.25, -0.2) is 0 Å². The van der Waals surface area contributed by atoms with E-state index in [2.05, 4.69) is 39.8 Å². The minimum Gasteiger partial charge on any atom is -0.516 e. The van der Waals surface area contributed by atoms with E-state index in [1.165, 1.54) is 6.08 Å². The molecule has 0 radical (unpaired) electrons. The Labute approximate surface area is 266 Å². The first-order chi connectivity index (χ1) is 21.3. The Morgan fingerprint density at radius 3 is 2.18 bits per heavy atom. The molecule has 11 nitrogen and oxygen atoms in total. The van der Waals surface area contributed by atoms with Crippen molar-refractivity contribution in [2.24, 2.45) is 17.8 Å². The number of carbonyl (C=O) groups is 4. The summed E-state index contributed by atoms with van der Waals surface area (Å²) in [5, 5.41) is 35.7. The highest BCUT2D eigenvalue weighted by Gasteiger charge is 2.38. The number of aliphatic hydroxyl groups is 1. The van der Waals surface area contributed by atoms with Crippen LogP contribution in [0.4, 0.5) is 0 Å². The average molecular weight is 637 g/mol. The summed E-state index contributed by atoms with van der Waals surface area (Å²) >= 11 is 4.61. The van der Waals surface area contributed by atoms with Crippen LogP contribution in [0.15, 0.2) is 30.2 Å². The second kappa shape index (κ2) is 13.7. The molecule has 2 amide bonds. The molecule has 7 N–H and O–H groups in total. The number of thiol groups is 1. The van der Waals surface area contributed by atoms with Gasteiger partial charge in [-0.2, -0.15) is 12.6 Å². The topological polar surface area (TPSA) is 185 Å². The van der Waals surface area contributed by atoms with Gasteiger partial charge in [0.05, 0.1) is 18.2 Å². The summed E-state index contributed by atoms with van der Waals surface area (Å²) in [5.41, 5.74) is 5.68. The number of aliphatic hydroxyl groups excluding tert-OH is 1. The number of aromatic amines is 2. The zero-order chi connectivity index (χ0) is 33.2. The Bertz CT molecular complexity index is 1730. The molecule has 2 aliphatic heterocycles. The monoisotopic (exact) mass is 636 g/mol. The number of carboxylic acid groups (broad SMARTS) is 2. The van der Waals surface area contributed by atoms with Gasteiger partial charge in [-0.3, -0.25) is 19.2 Å². The van der Waals surface area contributed by atoms with Gasteiger partial charge >= 0.3 is 11.9 Å². The van der Waals surface area contributed by atoms with Crippen LogP contribution in [0.1, 0.15) is 60.3 Å². The summed E-state index contributed by atoms with van der Waals surface area (Å²) in [6.45, 7) is 11.2. The molecule has 240 valence electrons. The zero-order valence-electron chi connectivity index (χ0n) is 25.7. The molecule has 1 unspecified atom stereocenters. The van der Waals surface area contributed by atoms with E-state index in [-0.39, 0.29) is 54.6 Å². The molecule has 5 atom stereocenters. The van der Waals surface area contributed by atoms with Gasteiger partial charge in [-0.15, -0.1) is 6.58 Å². The molecule has 2 aromatic heterocycles. The zero-order valence-corrected chi connectivity index (χ0v) is 26.6. The number of aliphatic carboxylic acids is 2. The van der Waals surface area contributed by atoms with E-state index in [1.807, 2.05) is 39.8 Å². The molecule has 4 heterocycles. The molecule has 0 aromatic carbocycles. The fourth-order valence-electron chi connectivity index (χ4n) is 6.28. The van der Waals surface area contributed by atoms with Crippen LogP contribution in [0.2, 0.25) is 0 Å². The SMILES string of the molecule is C=CC1C(=O)N[C@H](/C=c2/[nH]/c(=C\c3[nH]c(/C=C4\NC(=O)[C@H](C)[C@H]4[C@@H](C)S)c(C)c3CCC(=O)O)c(CCC(=O)O)c2C)/C1=C/O. The smallest absolute Gasteiger partial charge is 0.303 e. The lowest BCUT2D eigenvalue weighted by molar-refractivity contribution is -0.138. The number of rotatable bonds is 11. The minimum absolute atomic E-state index is 0.0833. The maximum absolute atomic E-state index is 12.5. The normalized spacial score (nSPS) is 24.8. The molecule has 0 bridgehead atoms. The summed E-state index contributed by atoms with van der Waals surface area (Å²) in [4.78, 5) is 54.8. The largest absolute Gasteiger partial charge is 0.516 e. The average Bonchev–Trinajstić information content (AvgIpc) is 3.63. The summed E-state index contributed by atoms with van der Waals surface area (Å²) in [6, 6.07) is -0.605. The summed E-state index contributed by atoms with van der Waals surface area (Å²) < 4.78 is 0. The van der Waals surface area contributed by atoms with Crippen LogP contribution in [-0.4, -0.2) is 60.3 Å². The Morgan fingerprint density at radius 2 is 1.60 bits per heavy atom. The number of nitrogens with one attached hydrogen (secondary N) is 4. The second-order valence-electron chi connectivity index (χ2n) is 11.7. The van der Waals surface area contributed by atoms with E-state index in [0.29, 0.717) is 27.7 Å². The van der Waals surface area contributed by atoms with Gasteiger partial charge in [0, 0.05) is 63.3 Å². The fourth-order valence-corrected chi connectivity index (χ4v) is 6.70. The summed E-state index contributed by atoms with van der Waals surface area (Å²) in [6.07, 6.45) is 8.09. The standard InChI is InChI=1S/C33H40N4O7S/c1-6-19-22(14-38)27(36-33(19)44)11-23-15(2)20(7-9-29(39)40)25(34-23)13-26-21(8-10-30(41)42)16(3)24(35-26)12-28-31(18(5)45)17(4)32(43)37-28/h6,11-14,17-19,27,31,34-35,38,45H,1,7-10H2,2-5H3,(H,36,44)(H,37,43)(H,39,40)(H,41,42)/b22-14+,23-11+,25-13-,28-12-/t17-,18-,19?,27-,31+/m1/s1. The van der Waals surface area contributed by atoms with Gasteiger partial charge in [-0.1, -0.05) is 19.9 Å². The fraction of sp³-hybridized carbons (Fsp3) is 0.394. The highest BCUT2D eigenvalue weighted by Crippen LogP contribution is 2.34. The second-order valence-corrected chi connectivity index (χ2v) is 12.5. The molecule has 0 spiro atoms. The molecule has 0 aliphatic carbocycles. The van der Waals surface area contributed by atoms with Crippen LogP contribution in [0.5, 0.6) is 0 Å². The van der Waals surface area contributed by atoms with Crippen LogP contribution in [-0.2, 0) is 32.0 Å². The highest BCUT2D eigenvalue weighted by molar-refractivity contribution is 7.80. The van der Waals surface area contributed by atoms with Crippen LogP contribution in [0.25, 0.3) is 18.2 Å². The molecule has 0 saturated carbocycles. The number of carboxylic acids is 2. The van der Waals surface area contributed by atoms with Crippen molar-refractivity contribution in [1.29, 1.82) is 0 Å². The molecule has 2 aromatic rings. The Balaban J connectivity index is 1.89. The Kier molecular flexibility index (Phi) is 10.2. The van der Waals surface area contributed by atoms with Crippen molar-refractivity contribution in [2.45, 2.75) is 64.7 Å². The molecular formula is C33H40N4O7S. The van der Waals surface area contributed by atoms with E-state index >= 15 is 0 Å². The van der Waals surface area contributed by atoms with Gasteiger partial charge in [0.2, 0.25) is 11.8 Å². The molecule has 2 saturated heterocycles. The van der Waals surface area contributed by atoms with E-state index in [0.717, 1.165) is 34.2 Å². The predicted octanol–water partition coefficient (Wildman–Crippen LogP) is 2.39. The van der Waals surface area contributed by atoms with Crippen molar-refractivity contribution in [3.63, 3.8) is 0 Å². The van der Waals surface area contributed by atoms with Crippen molar-refractivity contribution in [2.75, 3.05) is 0 Å². The van der Waals surface area contributed by atoms with Gasteiger partial charge < -0.3 is 35.9 Å². The van der Waals surface area contributed by atoms with E-state index in [9.17, 15) is 34.5 Å². The van der Waals surface area contributed by atoms with Crippen LogP contribution >= 0.6 is 12.6 Å². The van der Waals surface area contributed by atoms with Crippen LogP contribution in [0, 0.1) is 31.6 Å². The predicted molar refractivity (Wildman–Crippen MR) is 174 cm³/mol. The van der Waals surface area contributed by atoms with Crippen molar-refractivity contribution in [1.82, 2.24) is 20.6 Å². The summed E-state index contributed by atoms with van der Waals surface area (Å²) in [7, 11) is 0. The van der Waals surface area contributed by atoms with Crippen molar-refractivity contribution in [3.8, 4) is 0 Å². The van der Waals surface area contributed by atoms with Crippen LogP contribution < -0.4 is 21.3 Å². The van der Waals surface area contributed by atoms with E-state index < -0.39 is 23.9 Å². The third kappa shape index (κ3) is 6.95. The molecule has 2 fully saturated rings. The highest BCUT2D eigenvalue weighted by atomic mass is 32.1. The molecule has 2 aliphatic rings. The molecule has 4 rings (SSSR count). The molecule has 12 heteroatoms. The maximum Gasteiger partial charge on any atom is 0.303 e. The number of aromatic nitrogens is 2. The first kappa shape index (κ1) is 33.4. The maximum atomic E-state index is 12.5. The molecular weight excluding hydrogens is 596 g/mol. The van der Waals surface area contributed by atoms with Gasteiger partial charge in [0.1, 0.15) is 0 Å². The number of allylic oxidation sites excluding steroid dienone is 1. The number of hydrogen-bond acceptors (Lipinski definition) is 6. The number of amides is 2. The third-order valence-corrected chi connectivity index (χ3v) is 9.10. The van der Waals surface area contributed by atoms with Gasteiger partial charge in [0.25, 0.3) is 0 Å². The lowest BCUT2D eigenvalue weighted by Crippen LogP contribution is -2.27. The lowest BCUT2D eigenvalue weighted by atomic mass is 9.91. The number of carbonyl (C=O) groups excluding carboxylic acids is 2. The van der Waals surface area contributed by atoms with Gasteiger partial charge in [0.15, 0.2) is 0 Å². The van der Waals surface area contributed by atoms with E-state index in [4.69, 9.17) is 0 Å². The molecule has 45 heavy (non-hydrogen) atoms. The van der Waals surface area contributed by atoms with Crippen molar-refractivity contribution >= 4 is 54.6 Å². The first-order valence-electron chi connectivity index (χ1n) is 14.8. The van der Waals surface area contributed by atoms with Crippen molar-refractivity contribution < 1.29 is 34.5 Å². The number of H-pyrrole nitrogens is 2.